The van der Waals surface area contributed by atoms with Crippen LogP contribution in [0.2, 0.25) is 0 Å². The number of rotatable bonds is 1. The van der Waals surface area contributed by atoms with Crippen LogP contribution in [0.5, 0.6) is 0 Å². The van der Waals surface area contributed by atoms with Crippen LogP contribution in [0.4, 0.5) is 0 Å². The van der Waals surface area contributed by atoms with Crippen LogP contribution in [0.15, 0.2) is 0 Å². The first-order valence-corrected chi connectivity index (χ1v) is 14.4. The van der Waals surface area contributed by atoms with E-state index < -0.39 is 5.79 Å². The Morgan fingerprint density at radius 1 is 0.697 bits per heavy atom. The summed E-state index contributed by atoms with van der Waals surface area (Å²) in [4.78, 5) is 12.3. The summed E-state index contributed by atoms with van der Waals surface area (Å²) in [5.41, 5.74) is 1.52. The number of fused-ring (bicyclic) bond motifs is 7. The zero-order chi connectivity index (χ0) is 23.7. The first kappa shape index (κ1) is 23.3. The largest absolute Gasteiger partial charge is 0.314 e. The van der Waals surface area contributed by atoms with Gasteiger partial charge in [-0.15, -0.1) is 0 Å². The molecule has 10 atom stereocenters. The minimum atomic E-state index is -0.567. The molecule has 0 amide bonds. The molecule has 0 aromatic carbocycles. The second-order valence-electron chi connectivity index (χ2n) is 15.3. The van der Waals surface area contributed by atoms with Crippen LogP contribution in [0.1, 0.15) is 120 Å². The van der Waals surface area contributed by atoms with E-state index in [9.17, 15) is 0 Å². The molecule has 2 bridgehead atoms. The van der Waals surface area contributed by atoms with E-state index in [4.69, 9.17) is 14.5 Å². The summed E-state index contributed by atoms with van der Waals surface area (Å²) in [6.45, 7) is 20.4. The second kappa shape index (κ2) is 6.80. The highest BCUT2D eigenvalue weighted by atomic mass is 17.3. The van der Waals surface area contributed by atoms with Crippen LogP contribution < -0.4 is 0 Å². The third kappa shape index (κ3) is 2.59. The summed E-state index contributed by atoms with van der Waals surface area (Å²) in [6.07, 6.45) is 12.8. The standard InChI is InChI=1S/C30H50O3/c1-19(2)20-11-12-21-26(20,5)14-16-29(8)23-18-24-31-30(33-32-24)22(10-9-13-25(30,3)4)27(23,6)15-17-28(21,29)7/h19-24H,9-18H2,1-8H3/t20-,21-,22+,23+,24+,26-,27+,28+,29-,30+/m1/s1. The van der Waals surface area contributed by atoms with Crippen LogP contribution in [0, 0.1) is 56.7 Å². The average Bonchev–Trinajstić information content (AvgIpc) is 3.29. The molecule has 0 unspecified atom stereocenters. The third-order valence-electron chi connectivity index (χ3n) is 13.7. The molecule has 4 aliphatic carbocycles. The predicted octanol–water partition coefficient (Wildman–Crippen LogP) is 8.13. The van der Waals surface area contributed by atoms with Crippen LogP contribution in [-0.2, 0) is 14.5 Å². The summed E-state index contributed by atoms with van der Waals surface area (Å²) in [5, 5.41) is 0. The van der Waals surface area contributed by atoms with E-state index in [0.29, 0.717) is 28.1 Å². The highest BCUT2D eigenvalue weighted by Crippen LogP contribution is 2.78. The molecule has 3 nitrogen and oxygen atoms in total. The molecule has 2 aliphatic heterocycles. The molecular weight excluding hydrogens is 408 g/mol. The second-order valence-corrected chi connectivity index (χ2v) is 15.3. The molecule has 6 aliphatic rings. The Labute approximate surface area is 203 Å². The Hall–Kier alpha value is -0.120. The maximum atomic E-state index is 6.85. The van der Waals surface area contributed by atoms with Gasteiger partial charge in [0.25, 0.3) is 0 Å². The van der Waals surface area contributed by atoms with Crippen molar-refractivity contribution in [1.29, 1.82) is 0 Å². The highest BCUT2D eigenvalue weighted by molar-refractivity contribution is 5.20. The van der Waals surface area contributed by atoms with Crippen molar-refractivity contribution in [3.05, 3.63) is 0 Å². The first-order chi connectivity index (χ1) is 15.3. The summed E-state index contributed by atoms with van der Waals surface area (Å²) in [7, 11) is 0. The van der Waals surface area contributed by atoms with E-state index in [2.05, 4.69) is 55.4 Å². The van der Waals surface area contributed by atoms with Gasteiger partial charge in [0.1, 0.15) is 0 Å². The molecule has 4 saturated carbocycles. The van der Waals surface area contributed by atoms with E-state index >= 15 is 0 Å². The molecular formula is C30H50O3. The third-order valence-corrected chi connectivity index (χ3v) is 13.7. The van der Waals surface area contributed by atoms with E-state index in [1.165, 1.54) is 51.4 Å². The van der Waals surface area contributed by atoms with E-state index in [1.807, 2.05) is 0 Å². The lowest BCUT2D eigenvalue weighted by Gasteiger charge is -2.70. The number of hydrogen-bond acceptors (Lipinski definition) is 3. The minimum Gasteiger partial charge on any atom is -0.314 e. The molecule has 0 radical (unpaired) electrons. The van der Waals surface area contributed by atoms with Gasteiger partial charge in [0.2, 0.25) is 5.79 Å². The van der Waals surface area contributed by atoms with Crippen molar-refractivity contribution in [2.24, 2.45) is 56.7 Å². The van der Waals surface area contributed by atoms with Crippen LogP contribution in [0.3, 0.4) is 0 Å². The molecule has 188 valence electrons. The Kier molecular flexibility index (Phi) is 4.80. The molecule has 3 heteroatoms. The molecule has 6 rings (SSSR count). The molecule has 0 aromatic rings. The smallest absolute Gasteiger partial charge is 0.212 e. The van der Waals surface area contributed by atoms with E-state index in [0.717, 1.165) is 30.6 Å². The highest BCUT2D eigenvalue weighted by Gasteiger charge is 2.75. The lowest BCUT2D eigenvalue weighted by Crippen LogP contribution is -2.66. The van der Waals surface area contributed by atoms with Crippen molar-refractivity contribution >= 4 is 0 Å². The van der Waals surface area contributed by atoms with Gasteiger partial charge in [-0.25, -0.2) is 4.89 Å². The predicted molar refractivity (Wildman–Crippen MR) is 131 cm³/mol. The van der Waals surface area contributed by atoms with E-state index in [1.54, 1.807) is 0 Å². The zero-order valence-corrected chi connectivity index (χ0v) is 22.8. The van der Waals surface area contributed by atoms with Crippen LogP contribution in [0.25, 0.3) is 0 Å². The van der Waals surface area contributed by atoms with Gasteiger partial charge in [-0.1, -0.05) is 61.8 Å². The molecule has 0 N–H and O–H groups in total. The fraction of sp³-hybridized carbons (Fsp3) is 1.00. The molecule has 2 saturated heterocycles. The quantitative estimate of drug-likeness (QED) is 0.371. The molecule has 33 heavy (non-hydrogen) atoms. The SMILES string of the molecule is CC(C)[C@H]1CC[C@@H]2[C@]1(C)CC[C@]1(C)[C@H]3C[C@@H]4OO[C@@]5(O4)[C@@H](CCCC5(C)C)[C@]3(C)CC[C@@]21C. The number of hydrogen-bond donors (Lipinski definition) is 0. The lowest BCUT2D eigenvalue weighted by atomic mass is 9.34. The summed E-state index contributed by atoms with van der Waals surface area (Å²) >= 11 is 0. The Morgan fingerprint density at radius 2 is 1.36 bits per heavy atom. The molecule has 1 spiro atoms. The summed E-state index contributed by atoms with van der Waals surface area (Å²) in [5.74, 6) is 3.05. The maximum Gasteiger partial charge on any atom is 0.212 e. The van der Waals surface area contributed by atoms with Crippen molar-refractivity contribution in [1.82, 2.24) is 0 Å². The summed E-state index contributed by atoms with van der Waals surface area (Å²) < 4.78 is 6.85. The van der Waals surface area contributed by atoms with Crippen LogP contribution >= 0.6 is 0 Å². The Balaban J connectivity index is 1.43. The maximum absolute atomic E-state index is 6.85. The monoisotopic (exact) mass is 458 g/mol. The van der Waals surface area contributed by atoms with Crippen molar-refractivity contribution in [3.8, 4) is 0 Å². The fourth-order valence-corrected chi connectivity index (χ4v) is 11.8. The van der Waals surface area contributed by atoms with Gasteiger partial charge in [0.05, 0.1) is 0 Å². The van der Waals surface area contributed by atoms with Crippen molar-refractivity contribution in [2.75, 3.05) is 0 Å². The van der Waals surface area contributed by atoms with Crippen molar-refractivity contribution in [2.45, 2.75) is 132 Å². The average molecular weight is 459 g/mol. The fourth-order valence-electron chi connectivity index (χ4n) is 11.8. The van der Waals surface area contributed by atoms with Gasteiger partial charge < -0.3 is 4.74 Å². The first-order valence-electron chi connectivity index (χ1n) is 14.4. The van der Waals surface area contributed by atoms with Crippen molar-refractivity contribution < 1.29 is 14.5 Å². The van der Waals surface area contributed by atoms with Crippen molar-refractivity contribution in [3.63, 3.8) is 0 Å². The van der Waals surface area contributed by atoms with Gasteiger partial charge >= 0.3 is 0 Å². The zero-order valence-electron chi connectivity index (χ0n) is 22.8. The topological polar surface area (TPSA) is 27.7 Å². The molecule has 2 heterocycles. The Morgan fingerprint density at radius 3 is 2.06 bits per heavy atom. The van der Waals surface area contributed by atoms with Gasteiger partial charge in [0.15, 0.2) is 6.29 Å². The van der Waals surface area contributed by atoms with Gasteiger partial charge in [0, 0.05) is 17.8 Å². The lowest BCUT2D eigenvalue weighted by molar-refractivity contribution is -0.404. The Bertz CT molecular complexity index is 821. The normalized spacial score (nSPS) is 59.4. The number of ether oxygens (including phenoxy) is 1. The molecule has 0 aromatic heterocycles. The molecule has 6 fully saturated rings. The van der Waals surface area contributed by atoms with E-state index in [-0.39, 0.29) is 17.1 Å². The van der Waals surface area contributed by atoms with Gasteiger partial charge in [-0.2, -0.15) is 4.89 Å². The minimum absolute atomic E-state index is 0.00863. The van der Waals surface area contributed by atoms with Gasteiger partial charge in [-0.05, 0) is 96.7 Å². The van der Waals surface area contributed by atoms with Gasteiger partial charge in [-0.3, -0.25) is 0 Å². The van der Waals surface area contributed by atoms with Crippen LogP contribution in [-0.4, -0.2) is 12.1 Å². The summed E-state index contributed by atoms with van der Waals surface area (Å²) in [6, 6.07) is 0.